The summed E-state index contributed by atoms with van der Waals surface area (Å²) in [5.41, 5.74) is 1.42. The molecule has 0 saturated carbocycles. The molecule has 10 nitrogen and oxygen atoms in total. The Kier molecular flexibility index (Phi) is 10.1. The van der Waals surface area contributed by atoms with Gasteiger partial charge in [0.2, 0.25) is 5.91 Å². The third-order valence-corrected chi connectivity index (χ3v) is 7.08. The van der Waals surface area contributed by atoms with Gasteiger partial charge >= 0.3 is 0 Å². The zero-order valence-electron chi connectivity index (χ0n) is 22.9. The van der Waals surface area contributed by atoms with Gasteiger partial charge in [0.25, 0.3) is 5.91 Å². The summed E-state index contributed by atoms with van der Waals surface area (Å²) in [5, 5.41) is 11.5. The first-order valence-electron chi connectivity index (χ1n) is 13.7. The molecule has 0 aliphatic carbocycles. The molecule has 10 heteroatoms. The average Bonchev–Trinajstić information content (AvgIpc) is 3.38. The second-order valence-electron chi connectivity index (χ2n) is 10.5. The van der Waals surface area contributed by atoms with E-state index in [0.717, 1.165) is 12.1 Å². The summed E-state index contributed by atoms with van der Waals surface area (Å²) >= 11 is 0. The average molecular weight is 527 g/mol. The maximum atomic E-state index is 14.2. The second-order valence-corrected chi connectivity index (χ2v) is 10.5. The van der Waals surface area contributed by atoms with Crippen LogP contribution in [0.4, 0.5) is 5.82 Å². The summed E-state index contributed by atoms with van der Waals surface area (Å²) in [6.45, 7) is 9.83. The zero-order chi connectivity index (χ0) is 26.9. The number of piperidine rings is 1. The molecule has 2 fully saturated rings. The summed E-state index contributed by atoms with van der Waals surface area (Å²) in [6.07, 6.45) is 3.11. The number of rotatable bonds is 11. The number of aromatic nitrogens is 2. The highest BCUT2D eigenvalue weighted by Gasteiger charge is 2.36. The lowest BCUT2D eigenvalue weighted by Gasteiger charge is -2.40. The van der Waals surface area contributed by atoms with Crippen molar-refractivity contribution in [2.75, 3.05) is 71.5 Å². The summed E-state index contributed by atoms with van der Waals surface area (Å²) in [6, 6.07) is 9.73. The first-order chi connectivity index (χ1) is 18.5. The van der Waals surface area contributed by atoms with Gasteiger partial charge < -0.3 is 29.9 Å². The van der Waals surface area contributed by atoms with E-state index in [1.54, 1.807) is 18.0 Å². The Morgan fingerprint density at radius 1 is 1.21 bits per heavy atom. The Labute approximate surface area is 225 Å². The van der Waals surface area contributed by atoms with Crippen molar-refractivity contribution in [2.24, 2.45) is 11.8 Å². The van der Waals surface area contributed by atoms with Crippen molar-refractivity contribution < 1.29 is 19.1 Å². The third-order valence-electron chi connectivity index (χ3n) is 7.08. The van der Waals surface area contributed by atoms with E-state index >= 15 is 0 Å². The predicted octanol–water partition coefficient (Wildman–Crippen LogP) is 2.26. The highest BCUT2D eigenvalue weighted by molar-refractivity contribution is 5.99. The van der Waals surface area contributed by atoms with Gasteiger partial charge in [0.05, 0.1) is 31.0 Å². The minimum atomic E-state index is -0.159. The molecule has 2 N–H and O–H groups in total. The molecule has 0 unspecified atom stereocenters. The number of methoxy groups -OCH3 is 1. The molecule has 2 aromatic rings. The molecular weight excluding hydrogens is 484 g/mol. The van der Waals surface area contributed by atoms with Crippen molar-refractivity contribution in [1.29, 1.82) is 0 Å². The number of amides is 2. The van der Waals surface area contributed by atoms with E-state index in [0.29, 0.717) is 76.9 Å². The molecule has 1 aromatic heterocycles. The monoisotopic (exact) mass is 526 g/mol. The Balaban J connectivity index is 1.58. The van der Waals surface area contributed by atoms with Crippen LogP contribution in [0.25, 0.3) is 5.69 Å². The third kappa shape index (κ3) is 6.92. The van der Waals surface area contributed by atoms with Gasteiger partial charge in [0, 0.05) is 59.0 Å². The van der Waals surface area contributed by atoms with Crippen LogP contribution in [0, 0.1) is 11.8 Å². The quantitative estimate of drug-likeness (QED) is 0.433. The Morgan fingerprint density at radius 3 is 2.68 bits per heavy atom. The fourth-order valence-electron chi connectivity index (χ4n) is 5.20. The molecule has 1 aromatic carbocycles. The minimum absolute atomic E-state index is 0.0682. The first kappa shape index (κ1) is 28.1. The van der Waals surface area contributed by atoms with E-state index in [-0.39, 0.29) is 29.7 Å². The Morgan fingerprint density at radius 2 is 1.97 bits per heavy atom. The van der Waals surface area contributed by atoms with Crippen LogP contribution >= 0.6 is 0 Å². The highest BCUT2D eigenvalue weighted by atomic mass is 16.5. The van der Waals surface area contributed by atoms with Crippen LogP contribution in [0.3, 0.4) is 0 Å². The van der Waals surface area contributed by atoms with E-state index in [1.165, 1.54) is 0 Å². The number of carbonyl (C=O) groups excluding carboxylic acids is 2. The number of nitrogens with zero attached hydrogens (tertiary/aromatic N) is 4. The smallest absolute Gasteiger partial charge is 0.259 e. The molecule has 2 saturated heterocycles. The molecule has 3 heterocycles. The van der Waals surface area contributed by atoms with Crippen molar-refractivity contribution >= 4 is 17.6 Å². The van der Waals surface area contributed by atoms with Gasteiger partial charge in [0.1, 0.15) is 11.4 Å². The van der Waals surface area contributed by atoms with Crippen molar-refractivity contribution in [1.82, 2.24) is 24.9 Å². The van der Waals surface area contributed by atoms with Gasteiger partial charge in [-0.05, 0) is 30.9 Å². The van der Waals surface area contributed by atoms with Crippen LogP contribution in [0.1, 0.15) is 37.0 Å². The molecule has 4 rings (SSSR count). The van der Waals surface area contributed by atoms with Gasteiger partial charge in [0.15, 0.2) is 0 Å². The normalized spacial score (nSPS) is 19.9. The molecule has 38 heavy (non-hydrogen) atoms. The van der Waals surface area contributed by atoms with Gasteiger partial charge in [-0.3, -0.25) is 9.59 Å². The summed E-state index contributed by atoms with van der Waals surface area (Å²) < 4.78 is 12.4. The summed E-state index contributed by atoms with van der Waals surface area (Å²) in [7, 11) is 1.68. The lowest BCUT2D eigenvalue weighted by Crippen LogP contribution is -2.56. The second kappa shape index (κ2) is 13.7. The Hall–Kier alpha value is -2.95. The van der Waals surface area contributed by atoms with Crippen molar-refractivity contribution in [3.63, 3.8) is 0 Å². The summed E-state index contributed by atoms with van der Waals surface area (Å²) in [4.78, 5) is 31.3. The minimum Gasteiger partial charge on any atom is -0.385 e. The van der Waals surface area contributed by atoms with Crippen LogP contribution in [0.2, 0.25) is 0 Å². The number of ether oxygens (including phenoxy) is 2. The lowest BCUT2D eigenvalue weighted by molar-refractivity contribution is -0.140. The highest BCUT2D eigenvalue weighted by Crippen LogP contribution is 2.26. The molecule has 2 aliphatic heterocycles. The number of para-hydroxylation sites is 1. The molecule has 2 aliphatic rings. The van der Waals surface area contributed by atoms with Crippen molar-refractivity contribution in [2.45, 2.75) is 32.7 Å². The maximum Gasteiger partial charge on any atom is 0.259 e. The van der Waals surface area contributed by atoms with Gasteiger partial charge in [-0.15, -0.1) is 0 Å². The molecule has 208 valence electrons. The van der Waals surface area contributed by atoms with Crippen molar-refractivity contribution in [3.05, 3.63) is 42.1 Å². The lowest BCUT2D eigenvalue weighted by atomic mass is 9.92. The number of benzene rings is 1. The first-order valence-corrected chi connectivity index (χ1v) is 13.7. The largest absolute Gasteiger partial charge is 0.385 e. The number of nitrogens with one attached hydrogen (secondary N) is 2. The van der Waals surface area contributed by atoms with E-state index in [2.05, 4.69) is 29.6 Å². The van der Waals surface area contributed by atoms with Gasteiger partial charge in [-0.1, -0.05) is 32.0 Å². The molecule has 0 bridgehead atoms. The topological polar surface area (TPSA) is 101 Å². The maximum absolute atomic E-state index is 14.2. The van der Waals surface area contributed by atoms with E-state index < -0.39 is 0 Å². The fraction of sp³-hybridized carbons (Fsp3) is 0.607. The predicted molar refractivity (Wildman–Crippen MR) is 147 cm³/mol. The molecule has 2 atom stereocenters. The van der Waals surface area contributed by atoms with E-state index in [4.69, 9.17) is 9.47 Å². The number of carbonyl (C=O) groups is 2. The fourth-order valence-corrected chi connectivity index (χ4v) is 5.20. The molecule has 2 amide bonds. The van der Waals surface area contributed by atoms with Gasteiger partial charge in [-0.2, -0.15) is 5.10 Å². The van der Waals surface area contributed by atoms with Crippen LogP contribution in [-0.4, -0.2) is 104 Å². The van der Waals surface area contributed by atoms with Crippen LogP contribution in [0.5, 0.6) is 0 Å². The number of hydrogen-bond donors (Lipinski definition) is 2. The van der Waals surface area contributed by atoms with Crippen LogP contribution in [0.15, 0.2) is 36.5 Å². The Bertz CT molecular complexity index is 1040. The van der Waals surface area contributed by atoms with Crippen molar-refractivity contribution in [3.8, 4) is 5.69 Å². The van der Waals surface area contributed by atoms with Gasteiger partial charge in [-0.25, -0.2) is 4.68 Å². The molecule has 0 radical (unpaired) electrons. The number of morpholine rings is 1. The van der Waals surface area contributed by atoms with E-state index in [1.807, 2.05) is 40.1 Å². The van der Waals surface area contributed by atoms with Crippen LogP contribution in [-0.2, 0) is 14.3 Å². The zero-order valence-corrected chi connectivity index (χ0v) is 22.9. The van der Waals surface area contributed by atoms with Crippen LogP contribution < -0.4 is 10.6 Å². The summed E-state index contributed by atoms with van der Waals surface area (Å²) in [5.74, 6) is 0.876. The standard InChI is InChI=1S/C28H42N6O4/c1-21(2)20-33(24-16-22(17-29-18-24)27(35)32-11-14-38-15-12-32)28(36)25-19-31-34(23-8-5-4-6-9-23)26(25)30-10-7-13-37-3/h4-6,8-9,19,21-22,24,29-30H,7,10-18,20H2,1-3H3/t22-,24+/m1/s1. The van der Waals surface area contributed by atoms with E-state index in [9.17, 15) is 9.59 Å². The molecular formula is C28H42N6O4. The SMILES string of the molecule is COCCCNc1c(C(=O)N(CC(C)C)[C@@H]2CNC[C@H](C(=O)N3CCOCC3)C2)cnn1-c1ccccc1. The number of hydrogen-bond acceptors (Lipinski definition) is 7. The number of anilines is 1. The molecule has 0 spiro atoms.